The molecule has 0 aliphatic carbocycles. The van der Waals surface area contributed by atoms with Gasteiger partial charge in [0, 0.05) is 0 Å². The summed E-state index contributed by atoms with van der Waals surface area (Å²) in [5.74, 6) is 15.2. The molecule has 12 rings (SSSR count). The Labute approximate surface area is 544 Å². The quantitative estimate of drug-likeness (QED) is 0.0130. The average Bonchev–Trinajstić information content (AvgIpc) is 1.27. The summed E-state index contributed by atoms with van der Waals surface area (Å²) in [7, 11) is -27.4. The molecule has 0 fully saturated rings. The molecule has 2 amide bonds. The number of amides is 2. The number of nitrogens with two attached hydrogens (primary N) is 3. The number of fused-ring (bicyclic) bond motifs is 12. The van der Waals surface area contributed by atoms with Crippen LogP contribution in [-0.2, 0) is 66.4 Å². The summed E-state index contributed by atoms with van der Waals surface area (Å²) >= 11 is 0. The standard InChI is InChI=1S/C59H76N14O15S3Si3/c1-92(2,38-15-30-63-49(74)28-13-14-29-51(76)84-60)87-94(88-93(3,4)39-16-31-64-50(75)40-73(32-17-35-89(77,78)79,33-18-36-90(80,81)85-61)34-19-37-91(82,83)86-62)69-52-41-20-5-6-21-42(41)53(69)66-55-45-24-9-10-25-46(45)57(71(55)94)68-59-48-27-12-11-26-47(48)58(72(59)94)67-56-44-23-8-7-22-43(44)54(65-52)70(56)94/h5-12,20-27H,13-19,28-40,60-62H2,1-4H3,(H2-,63,64,74,75,77,78,79). The molecule has 94 heavy (non-hydrogen) atoms. The van der Waals surface area contributed by atoms with E-state index in [0.717, 1.165) is 43.8 Å². The average molecular weight is 1400 g/mol. The predicted molar refractivity (Wildman–Crippen MR) is 354 cm³/mol. The van der Waals surface area contributed by atoms with Crippen molar-refractivity contribution in [1.29, 1.82) is 0 Å². The molecule has 29 nitrogen and oxygen atoms in total. The Hall–Kier alpha value is -7.21. The number of carbonyl (C=O) groups is 3. The van der Waals surface area contributed by atoms with Crippen molar-refractivity contribution in [3.63, 3.8) is 0 Å². The molecule has 1 spiro atoms. The minimum atomic E-state index is -7.18. The number of carbonyl (C=O) groups excluding carboxylic acids is 3. The van der Waals surface area contributed by atoms with Crippen LogP contribution in [-0.4, -0.2) is 173 Å². The van der Waals surface area contributed by atoms with Gasteiger partial charge in [-0.25, -0.2) is 8.42 Å². The van der Waals surface area contributed by atoms with Crippen LogP contribution in [0.3, 0.4) is 0 Å². The van der Waals surface area contributed by atoms with Gasteiger partial charge in [0.15, 0.2) is 0 Å². The molecule has 8 heterocycles. The van der Waals surface area contributed by atoms with E-state index in [-0.39, 0.29) is 75.2 Å². The second-order valence-corrected chi connectivity index (χ2v) is 45.3. The van der Waals surface area contributed by atoms with Crippen LogP contribution in [0.25, 0.3) is 21.5 Å². The monoisotopic (exact) mass is 1400 g/mol. The van der Waals surface area contributed by atoms with E-state index in [1.54, 1.807) is 0 Å². The van der Waals surface area contributed by atoms with Crippen LogP contribution < -0.4 is 39.3 Å². The molecule has 0 saturated heterocycles. The van der Waals surface area contributed by atoms with Crippen molar-refractivity contribution in [2.45, 2.75) is 96.1 Å². The fourth-order valence-electron chi connectivity index (χ4n) is 15.2. The fraction of sp³-hybridized carbons (Fsp3) is 0.407. The number of amidine groups is 4. The summed E-state index contributed by atoms with van der Waals surface area (Å²) in [6.45, 7) is 8.33. The van der Waals surface area contributed by atoms with Crippen molar-refractivity contribution in [2.24, 2.45) is 37.7 Å². The van der Waals surface area contributed by atoms with Crippen LogP contribution in [0.4, 0.5) is 11.6 Å². The van der Waals surface area contributed by atoms with Crippen LogP contribution in [0.1, 0.15) is 80.0 Å². The van der Waals surface area contributed by atoms with Gasteiger partial charge in [0.1, 0.15) is 0 Å². The number of rotatable bonds is 33. The molecule has 0 atom stereocenters. The summed E-state index contributed by atoms with van der Waals surface area (Å²) in [5, 5.41) is 9.32. The van der Waals surface area contributed by atoms with Crippen molar-refractivity contribution in [2.75, 3.05) is 56.5 Å². The molecule has 8 N–H and O–H groups in total. The zero-order chi connectivity index (χ0) is 66.9. The molecule has 0 radical (unpaired) electrons. The number of hydrogen-bond donors (Lipinski definition) is 5. The number of aliphatic imine (C=N–C) groups is 2. The number of nitrogens with one attached hydrogen (secondary N) is 2. The number of benzene rings is 4. The second-order valence-electron chi connectivity index (χ2n) is 26.0. The number of quaternary nitrogens is 1. The Balaban J connectivity index is 1.01. The Kier molecular flexibility index (Phi) is 17.2. The van der Waals surface area contributed by atoms with Gasteiger partial charge in [0.25, 0.3) is 20.2 Å². The van der Waals surface area contributed by atoms with Crippen molar-refractivity contribution in [3.05, 3.63) is 130 Å². The molecule has 0 bridgehead atoms. The fourth-order valence-corrected chi connectivity index (χ4v) is 39.1. The first-order chi connectivity index (χ1) is 44.6. The number of nitrogens with zero attached hydrogens (tertiary/aromatic N) is 9. The van der Waals surface area contributed by atoms with Crippen molar-refractivity contribution in [1.82, 2.24) is 19.1 Å². The van der Waals surface area contributed by atoms with E-state index >= 15 is 0 Å². The predicted octanol–water partition coefficient (Wildman–Crippen LogP) is 2.73. The third-order valence-electron chi connectivity index (χ3n) is 18.7. The van der Waals surface area contributed by atoms with E-state index in [2.05, 4.69) is 67.2 Å². The molecular weight excluding hydrogens is 1330 g/mol. The maximum atomic E-state index is 14.6. The van der Waals surface area contributed by atoms with E-state index in [9.17, 15) is 52.4 Å². The van der Waals surface area contributed by atoms with E-state index in [1.165, 1.54) is 0 Å². The summed E-state index contributed by atoms with van der Waals surface area (Å²) in [6, 6.07) is 33.0. The summed E-state index contributed by atoms with van der Waals surface area (Å²) in [4.78, 5) is 67.2. The minimum absolute atomic E-state index is 0.0728. The van der Waals surface area contributed by atoms with E-state index in [4.69, 9.17) is 37.7 Å². The SMILES string of the molecule is C[Si](C)(CCCNC(=O)CCCCC(=O)ON)O[Si-2]123(O[Si](C)(C)CCCNC(=O)C[N+](CCCS(=O)(=O)[O-])(CCCS(=O)(=O)ON)CCCS(=O)(=O)ON)n4c5c6ccccc6c4N=C4c6ccccc6C(=[N+]41)N=c1c4ccccc4c(n12)=NC1=[N+]3C(=N5)c2ccccc21. The number of aromatic nitrogens is 2. The summed E-state index contributed by atoms with van der Waals surface area (Å²) < 4.78 is 121. The Morgan fingerprint density at radius 3 is 1.40 bits per heavy atom. The summed E-state index contributed by atoms with van der Waals surface area (Å²) in [5.41, 5.74) is 4.23. The molecule has 0 unspecified atom stereocenters. The third kappa shape index (κ3) is 11.0. The molecular formula is C59H76N14O15S3Si3. The zero-order valence-corrected chi connectivity index (χ0v) is 57.9. The van der Waals surface area contributed by atoms with Gasteiger partial charge >= 0.3 is 451 Å². The number of hydrogen-bond acceptors (Lipinski definition) is 22. The maximum absolute atomic E-state index is 14.6. The van der Waals surface area contributed by atoms with E-state index in [1.807, 2.05) is 97.1 Å². The van der Waals surface area contributed by atoms with E-state index < -0.39 is 83.9 Å². The van der Waals surface area contributed by atoms with Gasteiger partial charge in [0.2, 0.25) is 0 Å². The van der Waals surface area contributed by atoms with Crippen LogP contribution in [0.2, 0.25) is 38.3 Å². The van der Waals surface area contributed by atoms with Crippen LogP contribution in [0.5, 0.6) is 0 Å². The Morgan fingerprint density at radius 2 is 0.957 bits per heavy atom. The van der Waals surface area contributed by atoms with E-state index in [0.29, 0.717) is 90.3 Å². The molecule has 0 saturated carbocycles. The first kappa shape index (κ1) is 66.8. The molecule has 6 aromatic rings. The van der Waals surface area contributed by atoms with Crippen LogP contribution in [0.15, 0.2) is 117 Å². The second kappa shape index (κ2) is 24.2. The Morgan fingerprint density at radius 1 is 0.543 bits per heavy atom. The molecule has 6 aliphatic heterocycles. The molecule has 502 valence electrons. The van der Waals surface area contributed by atoms with Crippen molar-refractivity contribution >= 4 is 129 Å². The zero-order valence-electron chi connectivity index (χ0n) is 52.5. The van der Waals surface area contributed by atoms with Crippen LogP contribution >= 0.6 is 0 Å². The van der Waals surface area contributed by atoms with Gasteiger partial charge < -0.3 is 9.39 Å². The molecule has 35 heteroatoms. The molecule has 6 aliphatic rings. The Bertz CT molecular complexity index is 4630. The first-order valence-electron chi connectivity index (χ1n) is 31.2. The van der Waals surface area contributed by atoms with Gasteiger partial charge in [-0.3, -0.25) is 4.79 Å². The topological polar surface area (TPSA) is 390 Å². The van der Waals surface area contributed by atoms with Crippen molar-refractivity contribution < 1.29 is 78.8 Å². The van der Waals surface area contributed by atoms with Crippen LogP contribution in [0, 0.1) is 0 Å². The van der Waals surface area contributed by atoms with Gasteiger partial charge in [-0.05, 0) is 0 Å². The van der Waals surface area contributed by atoms with Gasteiger partial charge in [-0.2, -0.15) is 43.1 Å². The third-order valence-corrected chi connectivity index (χ3v) is 38.3. The van der Waals surface area contributed by atoms with Gasteiger partial charge in [-0.15, -0.1) is 0 Å². The summed E-state index contributed by atoms with van der Waals surface area (Å²) in [6.07, 6.45) is 1.49. The molecule has 4 aromatic carbocycles. The van der Waals surface area contributed by atoms with Crippen molar-refractivity contribution in [3.8, 4) is 0 Å². The normalized spacial score (nSPS) is 17.5. The van der Waals surface area contributed by atoms with Gasteiger partial charge in [0.05, 0.1) is 10.1 Å². The number of unbranched alkanes of at least 4 members (excludes halogenated alkanes) is 1. The van der Waals surface area contributed by atoms with Gasteiger partial charge in [-0.1, -0.05) is 0 Å². The first-order valence-corrected chi connectivity index (χ1v) is 44.8. The molecule has 2 aromatic heterocycles.